The van der Waals surface area contributed by atoms with Gasteiger partial charge in [0, 0.05) is 11.6 Å². The van der Waals surface area contributed by atoms with Crippen LogP contribution < -0.4 is 5.32 Å². The minimum Gasteiger partial charge on any atom is -0.391 e. The molecule has 2 N–H and O–H groups in total. The molecular formula is C8H15NO. The molecule has 10 heavy (non-hydrogen) atoms. The third kappa shape index (κ3) is 0.722. The first-order valence-electron chi connectivity index (χ1n) is 4.19. The Kier molecular flexibility index (Phi) is 1.29. The molecule has 2 bridgehead atoms. The molecule has 2 nitrogen and oxygen atoms in total. The second-order valence-corrected chi connectivity index (χ2v) is 3.75. The van der Waals surface area contributed by atoms with E-state index in [2.05, 4.69) is 5.32 Å². The average molecular weight is 141 g/mol. The molecule has 58 valence electrons. The van der Waals surface area contributed by atoms with E-state index in [0.29, 0.717) is 0 Å². The largest absolute Gasteiger partial charge is 0.391 e. The van der Waals surface area contributed by atoms with Crippen LogP contribution in [0.1, 0.15) is 32.6 Å². The number of nitrogens with one attached hydrogen (secondary N) is 1. The maximum atomic E-state index is 9.47. The van der Waals surface area contributed by atoms with E-state index < -0.39 is 0 Å². The Hall–Kier alpha value is -0.0800. The van der Waals surface area contributed by atoms with Gasteiger partial charge in [0.25, 0.3) is 0 Å². The Morgan fingerprint density at radius 2 is 2.10 bits per heavy atom. The highest BCUT2D eigenvalue weighted by Gasteiger charge is 2.47. The highest BCUT2D eigenvalue weighted by molar-refractivity contribution is 5.07. The minimum atomic E-state index is -0.167. The molecule has 0 amide bonds. The standard InChI is InChI=1S/C8H15NO/c1-6(10)8-4-2-7(9-8)3-5-8/h6-7,9-10H,2-5H2,1H3. The number of fused-ring (bicyclic) bond motifs is 2. The predicted molar refractivity (Wildman–Crippen MR) is 39.8 cm³/mol. The summed E-state index contributed by atoms with van der Waals surface area (Å²) >= 11 is 0. The van der Waals surface area contributed by atoms with Crippen LogP contribution in [0.4, 0.5) is 0 Å². The van der Waals surface area contributed by atoms with Crippen molar-refractivity contribution in [3.8, 4) is 0 Å². The first-order valence-corrected chi connectivity index (χ1v) is 4.19. The molecule has 2 saturated heterocycles. The third-order valence-corrected chi connectivity index (χ3v) is 3.17. The second kappa shape index (κ2) is 1.95. The van der Waals surface area contributed by atoms with Crippen LogP contribution in [0.15, 0.2) is 0 Å². The fraction of sp³-hybridized carbons (Fsp3) is 1.00. The molecule has 2 heteroatoms. The predicted octanol–water partition coefficient (Wildman–Crippen LogP) is 0.652. The SMILES string of the molecule is CC(O)C12CCC(CC1)N2. The lowest BCUT2D eigenvalue weighted by molar-refractivity contribution is 0.0907. The van der Waals surface area contributed by atoms with Gasteiger partial charge in [0.2, 0.25) is 0 Å². The van der Waals surface area contributed by atoms with Gasteiger partial charge in [0.15, 0.2) is 0 Å². The molecule has 2 aliphatic rings. The number of rotatable bonds is 1. The van der Waals surface area contributed by atoms with Gasteiger partial charge in [-0.15, -0.1) is 0 Å². The Morgan fingerprint density at radius 1 is 1.50 bits per heavy atom. The topological polar surface area (TPSA) is 32.3 Å². The Balaban J connectivity index is 2.15. The second-order valence-electron chi connectivity index (χ2n) is 3.75. The van der Waals surface area contributed by atoms with E-state index >= 15 is 0 Å². The van der Waals surface area contributed by atoms with Crippen LogP contribution in [0.5, 0.6) is 0 Å². The van der Waals surface area contributed by atoms with Crippen molar-refractivity contribution in [3.63, 3.8) is 0 Å². The summed E-state index contributed by atoms with van der Waals surface area (Å²) in [7, 11) is 0. The normalized spacial score (nSPS) is 48.0. The summed E-state index contributed by atoms with van der Waals surface area (Å²) < 4.78 is 0. The fourth-order valence-corrected chi connectivity index (χ4v) is 2.37. The van der Waals surface area contributed by atoms with E-state index in [9.17, 15) is 5.11 Å². The van der Waals surface area contributed by atoms with Crippen LogP contribution in [0.2, 0.25) is 0 Å². The van der Waals surface area contributed by atoms with Crippen molar-refractivity contribution in [2.75, 3.05) is 0 Å². The third-order valence-electron chi connectivity index (χ3n) is 3.17. The van der Waals surface area contributed by atoms with Gasteiger partial charge in [-0.1, -0.05) is 0 Å². The molecule has 0 aromatic heterocycles. The highest BCUT2D eigenvalue weighted by atomic mass is 16.3. The summed E-state index contributed by atoms with van der Waals surface area (Å²) in [6.07, 6.45) is 4.72. The van der Waals surface area contributed by atoms with Crippen LogP contribution in [-0.2, 0) is 0 Å². The van der Waals surface area contributed by atoms with E-state index in [4.69, 9.17) is 0 Å². The van der Waals surface area contributed by atoms with Crippen molar-refractivity contribution in [3.05, 3.63) is 0 Å². The lowest BCUT2D eigenvalue weighted by atomic mass is 9.84. The molecule has 2 fully saturated rings. The number of hydrogen-bond acceptors (Lipinski definition) is 2. The first kappa shape index (κ1) is 6.62. The van der Waals surface area contributed by atoms with Crippen molar-refractivity contribution in [1.82, 2.24) is 5.32 Å². The van der Waals surface area contributed by atoms with E-state index in [-0.39, 0.29) is 11.6 Å². The summed E-state index contributed by atoms with van der Waals surface area (Å²) in [6, 6.07) is 0.717. The van der Waals surface area contributed by atoms with E-state index in [1.54, 1.807) is 0 Å². The molecular weight excluding hydrogens is 126 g/mol. The Morgan fingerprint density at radius 3 is 2.30 bits per heavy atom. The molecule has 0 aromatic carbocycles. The summed E-state index contributed by atoms with van der Waals surface area (Å²) in [6.45, 7) is 1.90. The monoisotopic (exact) mass is 141 g/mol. The van der Waals surface area contributed by atoms with Crippen molar-refractivity contribution in [2.45, 2.75) is 50.3 Å². The Labute approximate surface area is 61.6 Å². The maximum Gasteiger partial charge on any atom is 0.0693 e. The van der Waals surface area contributed by atoms with Gasteiger partial charge in [-0.2, -0.15) is 0 Å². The quantitative estimate of drug-likeness (QED) is 0.562. The van der Waals surface area contributed by atoms with Crippen LogP contribution in [0, 0.1) is 0 Å². The van der Waals surface area contributed by atoms with Crippen molar-refractivity contribution >= 4 is 0 Å². The summed E-state index contributed by atoms with van der Waals surface area (Å²) in [5, 5.41) is 13.0. The van der Waals surface area contributed by atoms with Crippen LogP contribution in [0.3, 0.4) is 0 Å². The average Bonchev–Trinajstić information content (AvgIpc) is 2.45. The molecule has 2 rings (SSSR count). The summed E-state index contributed by atoms with van der Waals surface area (Å²) in [5.74, 6) is 0. The molecule has 0 saturated carbocycles. The molecule has 0 aliphatic carbocycles. The molecule has 0 aromatic rings. The van der Waals surface area contributed by atoms with Gasteiger partial charge < -0.3 is 10.4 Å². The van der Waals surface area contributed by atoms with Crippen LogP contribution in [0.25, 0.3) is 0 Å². The zero-order valence-corrected chi connectivity index (χ0v) is 6.43. The van der Waals surface area contributed by atoms with Gasteiger partial charge in [-0.05, 0) is 32.6 Å². The van der Waals surface area contributed by atoms with Gasteiger partial charge in [0.05, 0.1) is 6.10 Å². The van der Waals surface area contributed by atoms with Crippen LogP contribution >= 0.6 is 0 Å². The van der Waals surface area contributed by atoms with Crippen LogP contribution in [-0.4, -0.2) is 22.8 Å². The van der Waals surface area contributed by atoms with Crippen molar-refractivity contribution in [2.24, 2.45) is 0 Å². The van der Waals surface area contributed by atoms with Gasteiger partial charge in [-0.25, -0.2) is 0 Å². The lowest BCUT2D eigenvalue weighted by Crippen LogP contribution is -2.46. The van der Waals surface area contributed by atoms with Gasteiger partial charge >= 0.3 is 0 Å². The number of aliphatic hydroxyl groups is 1. The molecule has 0 radical (unpaired) electrons. The smallest absolute Gasteiger partial charge is 0.0693 e. The molecule has 1 unspecified atom stereocenters. The Bertz CT molecular complexity index is 136. The maximum absolute atomic E-state index is 9.47. The van der Waals surface area contributed by atoms with Crippen molar-refractivity contribution in [1.29, 1.82) is 0 Å². The summed E-state index contributed by atoms with van der Waals surface area (Å²) in [4.78, 5) is 0. The van der Waals surface area contributed by atoms with E-state index in [1.807, 2.05) is 6.92 Å². The highest BCUT2D eigenvalue weighted by Crippen LogP contribution is 2.39. The van der Waals surface area contributed by atoms with Gasteiger partial charge in [0.1, 0.15) is 0 Å². The zero-order valence-electron chi connectivity index (χ0n) is 6.43. The minimum absolute atomic E-state index is 0.116. The van der Waals surface area contributed by atoms with E-state index in [0.717, 1.165) is 6.04 Å². The van der Waals surface area contributed by atoms with E-state index in [1.165, 1.54) is 25.7 Å². The number of hydrogen-bond donors (Lipinski definition) is 2. The molecule has 2 heterocycles. The molecule has 1 atom stereocenters. The van der Waals surface area contributed by atoms with Gasteiger partial charge in [-0.3, -0.25) is 0 Å². The molecule has 0 spiro atoms. The van der Waals surface area contributed by atoms with Crippen molar-refractivity contribution < 1.29 is 5.11 Å². The first-order chi connectivity index (χ1) is 4.73. The zero-order chi connectivity index (χ0) is 7.19. The number of aliphatic hydroxyl groups excluding tert-OH is 1. The molecule has 2 aliphatic heterocycles. The lowest BCUT2D eigenvalue weighted by Gasteiger charge is -2.29. The summed E-state index contributed by atoms with van der Waals surface area (Å²) in [5.41, 5.74) is 0.116. The fourth-order valence-electron chi connectivity index (χ4n) is 2.37.